The minimum Gasteiger partial charge on any atom is -0.465 e. The third-order valence-electron chi connectivity index (χ3n) is 6.14. The van der Waals surface area contributed by atoms with Crippen LogP contribution in [0.2, 0.25) is 0 Å². The van der Waals surface area contributed by atoms with Crippen LogP contribution in [-0.2, 0) is 6.42 Å². The van der Waals surface area contributed by atoms with Gasteiger partial charge in [0.1, 0.15) is 0 Å². The van der Waals surface area contributed by atoms with E-state index in [0.29, 0.717) is 6.04 Å². The van der Waals surface area contributed by atoms with E-state index in [0.717, 1.165) is 64.2 Å². The SMILES string of the molecule is CCc1cnc(N2CCN(C3CC4CCC(C3)N4C(=O)O)CC2)nc1. The van der Waals surface area contributed by atoms with E-state index in [4.69, 9.17) is 0 Å². The summed E-state index contributed by atoms with van der Waals surface area (Å²) < 4.78 is 0. The number of anilines is 1. The van der Waals surface area contributed by atoms with E-state index in [9.17, 15) is 9.90 Å². The predicted octanol–water partition coefficient (Wildman–Crippen LogP) is 1.83. The zero-order chi connectivity index (χ0) is 17.4. The molecule has 1 aromatic rings. The number of piperidine rings is 1. The molecule has 25 heavy (non-hydrogen) atoms. The highest BCUT2D eigenvalue weighted by Gasteiger charge is 2.45. The molecule has 3 aliphatic rings. The van der Waals surface area contributed by atoms with Gasteiger partial charge in [0.05, 0.1) is 0 Å². The molecule has 0 aromatic carbocycles. The van der Waals surface area contributed by atoms with Crippen molar-refractivity contribution in [2.45, 2.75) is 57.2 Å². The molecular formula is C18H27N5O2. The van der Waals surface area contributed by atoms with Crippen LogP contribution in [0.4, 0.5) is 10.7 Å². The number of hydrogen-bond acceptors (Lipinski definition) is 5. The molecular weight excluding hydrogens is 318 g/mol. The van der Waals surface area contributed by atoms with Crippen LogP contribution in [-0.4, -0.2) is 75.3 Å². The normalized spacial score (nSPS) is 29.9. The van der Waals surface area contributed by atoms with Crippen LogP contribution in [0.5, 0.6) is 0 Å². The lowest BCUT2D eigenvalue weighted by Crippen LogP contribution is -2.56. The van der Waals surface area contributed by atoms with Crippen molar-refractivity contribution in [2.75, 3.05) is 31.1 Å². The predicted molar refractivity (Wildman–Crippen MR) is 94.9 cm³/mol. The van der Waals surface area contributed by atoms with Gasteiger partial charge >= 0.3 is 6.09 Å². The average Bonchev–Trinajstić information content (AvgIpc) is 2.92. The third-order valence-corrected chi connectivity index (χ3v) is 6.14. The Morgan fingerprint density at radius 3 is 2.20 bits per heavy atom. The summed E-state index contributed by atoms with van der Waals surface area (Å²) in [6.07, 6.45) is 8.13. The van der Waals surface area contributed by atoms with Crippen molar-refractivity contribution in [1.82, 2.24) is 19.8 Å². The average molecular weight is 345 g/mol. The lowest BCUT2D eigenvalue weighted by molar-refractivity contribution is 0.0543. The first-order chi connectivity index (χ1) is 12.2. The topological polar surface area (TPSA) is 72.8 Å². The minimum absolute atomic E-state index is 0.226. The van der Waals surface area contributed by atoms with E-state index < -0.39 is 6.09 Å². The van der Waals surface area contributed by atoms with Crippen LogP contribution in [0, 0.1) is 0 Å². The Hall–Kier alpha value is -1.89. The molecule has 2 unspecified atom stereocenters. The summed E-state index contributed by atoms with van der Waals surface area (Å²) in [5.41, 5.74) is 1.17. The quantitative estimate of drug-likeness (QED) is 0.901. The van der Waals surface area contributed by atoms with Crippen molar-refractivity contribution in [3.63, 3.8) is 0 Å². The molecule has 4 rings (SSSR count). The molecule has 1 N–H and O–H groups in total. The van der Waals surface area contributed by atoms with Gasteiger partial charge in [-0.2, -0.15) is 0 Å². The Labute approximate surface area is 148 Å². The monoisotopic (exact) mass is 345 g/mol. The van der Waals surface area contributed by atoms with Gasteiger partial charge in [0, 0.05) is 56.7 Å². The maximum absolute atomic E-state index is 11.4. The second-order valence-corrected chi connectivity index (χ2v) is 7.47. The van der Waals surface area contributed by atoms with Gasteiger partial charge in [-0.1, -0.05) is 6.92 Å². The number of amides is 1. The molecule has 3 saturated heterocycles. The summed E-state index contributed by atoms with van der Waals surface area (Å²) in [6.45, 7) is 6.02. The first-order valence-corrected chi connectivity index (χ1v) is 9.47. The molecule has 0 spiro atoms. The van der Waals surface area contributed by atoms with Gasteiger partial charge in [0.2, 0.25) is 5.95 Å². The lowest BCUT2D eigenvalue weighted by Gasteiger charge is -2.45. The molecule has 3 fully saturated rings. The van der Waals surface area contributed by atoms with Crippen LogP contribution in [0.3, 0.4) is 0 Å². The van der Waals surface area contributed by atoms with E-state index >= 15 is 0 Å². The van der Waals surface area contributed by atoms with E-state index in [1.165, 1.54) is 5.56 Å². The van der Waals surface area contributed by atoms with E-state index in [-0.39, 0.29) is 12.1 Å². The van der Waals surface area contributed by atoms with Crippen molar-refractivity contribution in [3.8, 4) is 0 Å². The van der Waals surface area contributed by atoms with Gasteiger partial charge in [-0.3, -0.25) is 4.90 Å². The number of rotatable bonds is 3. The molecule has 0 saturated carbocycles. The summed E-state index contributed by atoms with van der Waals surface area (Å²) in [6, 6.07) is 0.979. The summed E-state index contributed by atoms with van der Waals surface area (Å²) in [5, 5.41) is 9.41. The molecule has 136 valence electrons. The minimum atomic E-state index is -0.733. The van der Waals surface area contributed by atoms with E-state index in [2.05, 4.69) is 26.7 Å². The van der Waals surface area contributed by atoms with Gasteiger partial charge < -0.3 is 14.9 Å². The summed E-state index contributed by atoms with van der Waals surface area (Å²) >= 11 is 0. The summed E-state index contributed by atoms with van der Waals surface area (Å²) in [5.74, 6) is 0.831. The standard InChI is InChI=1S/C18H27N5O2/c1-2-13-11-19-17(20-12-13)22-7-5-21(6-8-22)16-9-14-3-4-15(10-16)23(14)18(24)25/h11-12,14-16H,2-10H2,1H3,(H,24,25). The molecule has 0 radical (unpaired) electrons. The molecule has 1 amide bonds. The second-order valence-electron chi connectivity index (χ2n) is 7.47. The van der Waals surface area contributed by atoms with Crippen LogP contribution >= 0.6 is 0 Å². The number of aryl methyl sites for hydroxylation is 1. The maximum Gasteiger partial charge on any atom is 0.407 e. The van der Waals surface area contributed by atoms with Gasteiger partial charge in [-0.25, -0.2) is 14.8 Å². The number of nitrogens with zero attached hydrogens (tertiary/aromatic N) is 5. The molecule has 3 aliphatic heterocycles. The highest BCUT2D eigenvalue weighted by atomic mass is 16.4. The highest BCUT2D eigenvalue weighted by Crippen LogP contribution is 2.37. The highest BCUT2D eigenvalue weighted by molar-refractivity contribution is 5.66. The lowest BCUT2D eigenvalue weighted by atomic mass is 9.95. The molecule has 4 heterocycles. The summed E-state index contributed by atoms with van der Waals surface area (Å²) in [4.78, 5) is 27.0. The van der Waals surface area contributed by atoms with Crippen LogP contribution in [0.25, 0.3) is 0 Å². The fourth-order valence-electron chi connectivity index (χ4n) is 4.74. The zero-order valence-electron chi connectivity index (χ0n) is 14.8. The fraction of sp³-hybridized carbons (Fsp3) is 0.722. The Balaban J connectivity index is 1.34. The van der Waals surface area contributed by atoms with Gasteiger partial charge in [-0.15, -0.1) is 0 Å². The number of hydrogen-bond donors (Lipinski definition) is 1. The van der Waals surface area contributed by atoms with Crippen molar-refractivity contribution >= 4 is 12.0 Å². The first-order valence-electron chi connectivity index (χ1n) is 9.47. The fourth-order valence-corrected chi connectivity index (χ4v) is 4.74. The largest absolute Gasteiger partial charge is 0.465 e. The molecule has 1 aromatic heterocycles. The Morgan fingerprint density at radius 1 is 1.08 bits per heavy atom. The van der Waals surface area contributed by atoms with Crippen molar-refractivity contribution in [2.24, 2.45) is 0 Å². The number of carboxylic acid groups (broad SMARTS) is 1. The number of fused-ring (bicyclic) bond motifs is 2. The summed E-state index contributed by atoms with van der Waals surface area (Å²) in [7, 11) is 0. The van der Waals surface area contributed by atoms with Crippen molar-refractivity contribution < 1.29 is 9.90 Å². The zero-order valence-corrected chi connectivity index (χ0v) is 14.8. The van der Waals surface area contributed by atoms with Crippen LogP contribution in [0.1, 0.15) is 38.2 Å². The molecule has 7 nitrogen and oxygen atoms in total. The number of carbonyl (C=O) groups is 1. The molecule has 0 aliphatic carbocycles. The molecule has 2 bridgehead atoms. The Kier molecular flexibility index (Phi) is 4.50. The first kappa shape index (κ1) is 16.6. The second kappa shape index (κ2) is 6.78. The number of piperazine rings is 1. The Morgan fingerprint density at radius 2 is 1.68 bits per heavy atom. The Bertz CT molecular complexity index is 600. The van der Waals surface area contributed by atoms with Crippen molar-refractivity contribution in [3.05, 3.63) is 18.0 Å². The van der Waals surface area contributed by atoms with E-state index in [1.807, 2.05) is 12.4 Å². The molecule has 7 heteroatoms. The van der Waals surface area contributed by atoms with Crippen LogP contribution in [0.15, 0.2) is 12.4 Å². The van der Waals surface area contributed by atoms with Crippen molar-refractivity contribution in [1.29, 1.82) is 0 Å². The van der Waals surface area contributed by atoms with Gasteiger partial charge in [0.25, 0.3) is 0 Å². The van der Waals surface area contributed by atoms with Gasteiger partial charge in [0.15, 0.2) is 0 Å². The number of aromatic nitrogens is 2. The van der Waals surface area contributed by atoms with Crippen LogP contribution < -0.4 is 4.90 Å². The molecule has 2 atom stereocenters. The third kappa shape index (κ3) is 3.17. The van der Waals surface area contributed by atoms with Gasteiger partial charge in [-0.05, 0) is 37.7 Å². The van der Waals surface area contributed by atoms with E-state index in [1.54, 1.807) is 4.90 Å². The smallest absolute Gasteiger partial charge is 0.407 e. The maximum atomic E-state index is 11.4.